The fourth-order valence-electron chi connectivity index (χ4n) is 2.07. The molecule has 0 fully saturated rings. The molecule has 0 saturated carbocycles. The summed E-state index contributed by atoms with van der Waals surface area (Å²) >= 11 is 4.52. The van der Waals surface area contributed by atoms with Gasteiger partial charge in [-0.2, -0.15) is 0 Å². The van der Waals surface area contributed by atoms with Gasteiger partial charge in [0.05, 0.1) is 11.8 Å². The van der Waals surface area contributed by atoms with Crippen LogP contribution in [-0.2, 0) is 9.53 Å². The first-order valence-corrected chi connectivity index (χ1v) is 9.67. The number of halogens is 2. The highest BCUT2D eigenvalue weighted by Crippen LogP contribution is 2.35. The number of rotatable bonds is 6. The molecule has 0 saturated heterocycles. The van der Waals surface area contributed by atoms with E-state index in [4.69, 9.17) is 4.74 Å². The Morgan fingerprint density at radius 3 is 2.42 bits per heavy atom. The van der Waals surface area contributed by atoms with Crippen molar-refractivity contribution >= 4 is 45.3 Å². The zero-order valence-electron chi connectivity index (χ0n) is 14.6. The molecule has 1 N–H and O–H groups in total. The second-order valence-corrected chi connectivity index (χ2v) is 8.07. The largest absolute Gasteiger partial charge is 0.462 e. The Kier molecular flexibility index (Phi) is 7.23. The normalized spacial score (nSPS) is 11.9. The van der Waals surface area contributed by atoms with Crippen molar-refractivity contribution < 1.29 is 18.7 Å². The van der Waals surface area contributed by atoms with Gasteiger partial charge in [0.1, 0.15) is 11.1 Å². The smallest absolute Gasteiger partial charge is 0.319 e. The molecule has 0 heterocycles. The van der Waals surface area contributed by atoms with Gasteiger partial charge in [-0.05, 0) is 61.0 Å². The van der Waals surface area contributed by atoms with Crippen LogP contribution in [-0.4, -0.2) is 23.2 Å². The molecule has 1 amide bonds. The SMILES string of the molecule is CC(C)OC(=O)C(C)Sc1cc(NC(=O)c2ccccc2)c(F)cc1Br. The van der Waals surface area contributed by atoms with Crippen LogP contribution in [0.2, 0.25) is 0 Å². The molecule has 1 atom stereocenters. The van der Waals surface area contributed by atoms with Crippen LogP contribution in [0.4, 0.5) is 10.1 Å². The highest BCUT2D eigenvalue weighted by Gasteiger charge is 2.20. The van der Waals surface area contributed by atoms with Gasteiger partial charge in [0.25, 0.3) is 5.91 Å². The van der Waals surface area contributed by atoms with E-state index in [1.165, 1.54) is 23.9 Å². The molecular formula is C19H19BrFNO3S. The van der Waals surface area contributed by atoms with Gasteiger partial charge >= 0.3 is 5.97 Å². The molecule has 7 heteroatoms. The van der Waals surface area contributed by atoms with Crippen molar-refractivity contribution in [1.29, 1.82) is 0 Å². The topological polar surface area (TPSA) is 55.4 Å². The van der Waals surface area contributed by atoms with Crippen LogP contribution in [0.1, 0.15) is 31.1 Å². The number of amides is 1. The summed E-state index contributed by atoms with van der Waals surface area (Å²) in [6, 6.07) is 11.3. The lowest BCUT2D eigenvalue weighted by Gasteiger charge is -2.15. The number of esters is 1. The lowest BCUT2D eigenvalue weighted by molar-refractivity contribution is -0.146. The van der Waals surface area contributed by atoms with E-state index in [2.05, 4.69) is 21.2 Å². The molecule has 0 aliphatic carbocycles. The molecule has 0 radical (unpaired) electrons. The summed E-state index contributed by atoms with van der Waals surface area (Å²) in [6.07, 6.45) is -0.206. The van der Waals surface area contributed by atoms with Crippen LogP contribution >= 0.6 is 27.7 Å². The molecule has 2 rings (SSSR count). The Labute approximate surface area is 164 Å². The van der Waals surface area contributed by atoms with E-state index in [1.54, 1.807) is 51.1 Å². The van der Waals surface area contributed by atoms with Crippen molar-refractivity contribution in [2.24, 2.45) is 0 Å². The predicted molar refractivity (Wildman–Crippen MR) is 105 cm³/mol. The number of thioether (sulfide) groups is 1. The van der Waals surface area contributed by atoms with E-state index in [0.29, 0.717) is 14.9 Å². The first-order chi connectivity index (χ1) is 12.3. The monoisotopic (exact) mass is 439 g/mol. The van der Waals surface area contributed by atoms with E-state index in [0.717, 1.165) is 0 Å². The Hall–Kier alpha value is -1.86. The van der Waals surface area contributed by atoms with Crippen molar-refractivity contribution in [2.75, 3.05) is 5.32 Å². The predicted octanol–water partition coefficient (Wildman–Crippen LogP) is 5.27. The fraction of sp³-hybridized carbons (Fsp3) is 0.263. The Bertz CT molecular complexity index is 799. The Morgan fingerprint density at radius 1 is 1.15 bits per heavy atom. The van der Waals surface area contributed by atoms with E-state index in [-0.39, 0.29) is 17.8 Å². The first kappa shape index (κ1) is 20.5. The van der Waals surface area contributed by atoms with E-state index >= 15 is 0 Å². The maximum Gasteiger partial charge on any atom is 0.319 e. The third-order valence-corrected chi connectivity index (χ3v) is 5.35. The summed E-state index contributed by atoms with van der Waals surface area (Å²) in [7, 11) is 0. The van der Waals surface area contributed by atoms with Crippen LogP contribution in [0.25, 0.3) is 0 Å². The second-order valence-electron chi connectivity index (χ2n) is 5.83. The minimum atomic E-state index is -0.567. The molecule has 2 aromatic carbocycles. The number of nitrogens with one attached hydrogen (secondary N) is 1. The van der Waals surface area contributed by atoms with Gasteiger partial charge in [-0.25, -0.2) is 4.39 Å². The summed E-state index contributed by atoms with van der Waals surface area (Å²) in [5.41, 5.74) is 0.479. The minimum absolute atomic E-state index is 0.0500. The van der Waals surface area contributed by atoms with Crippen LogP contribution in [0.3, 0.4) is 0 Å². The maximum absolute atomic E-state index is 14.2. The zero-order valence-corrected chi connectivity index (χ0v) is 17.0. The molecule has 2 aromatic rings. The van der Waals surface area contributed by atoms with E-state index in [1.807, 2.05) is 0 Å². The maximum atomic E-state index is 14.2. The van der Waals surface area contributed by atoms with Gasteiger partial charge in [0.2, 0.25) is 0 Å². The lowest BCUT2D eigenvalue weighted by Crippen LogP contribution is -2.20. The van der Waals surface area contributed by atoms with Crippen LogP contribution < -0.4 is 5.32 Å². The number of carbonyl (C=O) groups is 2. The van der Waals surface area contributed by atoms with Crippen molar-refractivity contribution in [3.63, 3.8) is 0 Å². The second kappa shape index (κ2) is 9.19. The highest BCUT2D eigenvalue weighted by molar-refractivity contribution is 9.10. The average molecular weight is 440 g/mol. The van der Waals surface area contributed by atoms with Gasteiger partial charge in [-0.15, -0.1) is 11.8 Å². The van der Waals surface area contributed by atoms with Crippen molar-refractivity contribution in [1.82, 2.24) is 0 Å². The molecule has 0 spiro atoms. The van der Waals surface area contributed by atoms with Crippen LogP contribution in [0, 0.1) is 5.82 Å². The number of carbonyl (C=O) groups excluding carboxylic acids is 2. The number of hydrogen-bond acceptors (Lipinski definition) is 4. The van der Waals surface area contributed by atoms with E-state index in [9.17, 15) is 14.0 Å². The number of anilines is 1. The molecule has 1 unspecified atom stereocenters. The Morgan fingerprint density at radius 2 is 1.81 bits per heavy atom. The molecule has 138 valence electrons. The summed E-state index contributed by atoms with van der Waals surface area (Å²) in [5.74, 6) is -1.32. The summed E-state index contributed by atoms with van der Waals surface area (Å²) < 4.78 is 19.9. The first-order valence-electron chi connectivity index (χ1n) is 8.00. The van der Waals surface area contributed by atoms with Gasteiger partial charge in [-0.3, -0.25) is 9.59 Å². The van der Waals surface area contributed by atoms with Crippen molar-refractivity contribution in [3.05, 3.63) is 58.3 Å². The molecule has 0 aliphatic heterocycles. The van der Waals surface area contributed by atoms with Gasteiger partial charge in [-0.1, -0.05) is 18.2 Å². The molecule has 0 bridgehead atoms. The molecular weight excluding hydrogens is 421 g/mol. The third kappa shape index (κ3) is 5.57. The van der Waals surface area contributed by atoms with Gasteiger partial charge in [0, 0.05) is 14.9 Å². The highest BCUT2D eigenvalue weighted by atomic mass is 79.9. The molecule has 0 aliphatic rings. The van der Waals surface area contributed by atoms with Crippen molar-refractivity contribution in [2.45, 2.75) is 37.0 Å². The third-order valence-electron chi connectivity index (χ3n) is 3.29. The van der Waals surface area contributed by atoms with Crippen molar-refractivity contribution in [3.8, 4) is 0 Å². The summed E-state index contributed by atoms with van der Waals surface area (Å²) in [6.45, 7) is 5.27. The number of ether oxygens (including phenoxy) is 1. The molecule has 0 aromatic heterocycles. The lowest BCUT2D eigenvalue weighted by atomic mass is 10.2. The van der Waals surface area contributed by atoms with E-state index < -0.39 is 17.0 Å². The number of benzene rings is 2. The molecule has 4 nitrogen and oxygen atoms in total. The summed E-state index contributed by atoms with van der Waals surface area (Å²) in [5, 5.41) is 2.09. The minimum Gasteiger partial charge on any atom is -0.462 e. The van der Waals surface area contributed by atoms with Crippen LogP contribution in [0.5, 0.6) is 0 Å². The quantitative estimate of drug-likeness (QED) is 0.491. The summed E-state index contributed by atoms with van der Waals surface area (Å²) in [4.78, 5) is 24.9. The van der Waals surface area contributed by atoms with Gasteiger partial charge in [0.15, 0.2) is 0 Å². The standard InChI is InChI=1S/C19H19BrFNO3S/c1-11(2)25-19(24)12(3)26-17-10-16(15(21)9-14(17)20)22-18(23)13-7-5-4-6-8-13/h4-12H,1-3H3,(H,22,23). The average Bonchev–Trinajstić information content (AvgIpc) is 2.59. The van der Waals surface area contributed by atoms with Crippen LogP contribution in [0.15, 0.2) is 51.8 Å². The fourth-order valence-corrected chi connectivity index (χ4v) is 3.55. The van der Waals surface area contributed by atoms with Gasteiger partial charge < -0.3 is 10.1 Å². The Balaban J connectivity index is 2.18. The zero-order chi connectivity index (χ0) is 19.3. The molecule has 26 heavy (non-hydrogen) atoms. The number of hydrogen-bond donors (Lipinski definition) is 1.